The predicted octanol–water partition coefficient (Wildman–Crippen LogP) is 4.10. The Bertz CT molecular complexity index is 1400. The Balaban J connectivity index is 1.51. The highest BCUT2D eigenvalue weighted by atomic mass is 35.5. The van der Waals surface area contributed by atoms with Crippen molar-refractivity contribution in [2.75, 3.05) is 18.6 Å². The first-order chi connectivity index (χ1) is 16.7. The summed E-state index contributed by atoms with van der Waals surface area (Å²) in [6, 6.07) is 13.2. The number of nitro benzene ring substituents is 1. The van der Waals surface area contributed by atoms with Gasteiger partial charge >= 0.3 is 5.97 Å². The van der Waals surface area contributed by atoms with Gasteiger partial charge in [0.2, 0.25) is 0 Å². The lowest BCUT2D eigenvalue weighted by atomic mass is 10.1. The molecule has 0 fully saturated rings. The van der Waals surface area contributed by atoms with Crippen molar-refractivity contribution in [3.05, 3.63) is 98.1 Å². The van der Waals surface area contributed by atoms with Crippen LogP contribution in [0.5, 0.6) is 5.75 Å². The summed E-state index contributed by atoms with van der Waals surface area (Å²) < 4.78 is 10.3. The zero-order valence-electron chi connectivity index (χ0n) is 18.0. The van der Waals surface area contributed by atoms with Gasteiger partial charge in [-0.15, -0.1) is 0 Å². The summed E-state index contributed by atoms with van der Waals surface area (Å²) in [6.45, 7) is -0.619. The Morgan fingerprint density at radius 2 is 1.60 bits per heavy atom. The molecule has 1 heterocycles. The number of ether oxygens (including phenoxy) is 2. The van der Waals surface area contributed by atoms with Crippen LogP contribution >= 0.6 is 11.6 Å². The molecule has 0 unspecified atom stereocenters. The minimum absolute atomic E-state index is 0.0202. The number of methoxy groups -OCH3 is 1. The number of non-ortho nitro benzene ring substituents is 1. The first-order valence-corrected chi connectivity index (χ1v) is 10.4. The molecule has 1 aliphatic heterocycles. The Morgan fingerprint density at radius 3 is 2.26 bits per heavy atom. The number of amides is 2. The summed E-state index contributed by atoms with van der Waals surface area (Å²) >= 11 is 6.03. The number of hydrogen-bond acceptors (Lipinski definition) is 8. The molecular weight excluding hydrogens is 480 g/mol. The van der Waals surface area contributed by atoms with Gasteiger partial charge < -0.3 is 9.47 Å². The van der Waals surface area contributed by atoms with Gasteiger partial charge in [0.05, 0.1) is 34.4 Å². The van der Waals surface area contributed by atoms with Crippen molar-refractivity contribution in [3.8, 4) is 5.75 Å². The largest absolute Gasteiger partial charge is 0.495 e. The molecule has 35 heavy (non-hydrogen) atoms. The molecule has 0 N–H and O–H groups in total. The topological polar surface area (TPSA) is 133 Å². The van der Waals surface area contributed by atoms with Crippen molar-refractivity contribution in [3.63, 3.8) is 0 Å². The Morgan fingerprint density at radius 1 is 0.943 bits per heavy atom. The molecule has 0 saturated heterocycles. The minimum atomic E-state index is -0.887. The van der Waals surface area contributed by atoms with Crippen LogP contribution in [0.3, 0.4) is 0 Å². The smallest absolute Gasteiger partial charge is 0.338 e. The maximum absolute atomic E-state index is 13.0. The number of carbonyl (C=O) groups excluding carboxylic acids is 4. The lowest BCUT2D eigenvalue weighted by Gasteiger charge is -2.17. The van der Waals surface area contributed by atoms with Crippen LogP contribution in [0.1, 0.15) is 41.4 Å². The molecule has 1 aliphatic rings. The van der Waals surface area contributed by atoms with Crippen LogP contribution in [0.2, 0.25) is 5.02 Å². The highest BCUT2D eigenvalue weighted by Gasteiger charge is 2.38. The zero-order valence-corrected chi connectivity index (χ0v) is 18.8. The molecule has 4 rings (SSSR count). The van der Waals surface area contributed by atoms with E-state index in [-0.39, 0.29) is 39.4 Å². The van der Waals surface area contributed by atoms with E-state index in [1.807, 2.05) is 0 Å². The zero-order chi connectivity index (χ0) is 25.3. The van der Waals surface area contributed by atoms with E-state index in [9.17, 15) is 29.3 Å². The number of nitro groups is 1. The molecule has 3 aromatic rings. The number of Topliss-reactive ketones (excluding diaryl/α,β-unsaturated/α-hetero) is 1. The number of nitrogens with zero attached hydrogens (tertiary/aromatic N) is 2. The number of fused-ring (bicyclic) bond motifs is 1. The van der Waals surface area contributed by atoms with Crippen molar-refractivity contribution in [1.29, 1.82) is 0 Å². The number of esters is 1. The summed E-state index contributed by atoms with van der Waals surface area (Å²) in [5, 5.41) is 11.0. The van der Waals surface area contributed by atoms with Gasteiger partial charge in [-0.05, 0) is 48.5 Å². The van der Waals surface area contributed by atoms with Crippen molar-refractivity contribution in [2.24, 2.45) is 0 Å². The van der Waals surface area contributed by atoms with Gasteiger partial charge in [-0.3, -0.25) is 24.5 Å². The maximum Gasteiger partial charge on any atom is 0.338 e. The fourth-order valence-corrected chi connectivity index (χ4v) is 3.66. The number of ketones is 1. The molecule has 0 aliphatic carbocycles. The van der Waals surface area contributed by atoms with Crippen LogP contribution in [0.4, 0.5) is 11.4 Å². The molecule has 0 aromatic heterocycles. The number of imide groups is 1. The molecule has 0 spiro atoms. The van der Waals surface area contributed by atoms with E-state index in [2.05, 4.69) is 0 Å². The van der Waals surface area contributed by atoms with Crippen LogP contribution < -0.4 is 9.64 Å². The second-order valence-corrected chi connectivity index (χ2v) is 7.76. The summed E-state index contributed by atoms with van der Waals surface area (Å²) in [6.07, 6.45) is 0. The molecule has 0 saturated carbocycles. The quantitative estimate of drug-likeness (QED) is 0.157. The van der Waals surface area contributed by atoms with Gasteiger partial charge in [0.25, 0.3) is 17.5 Å². The van der Waals surface area contributed by atoms with Crippen molar-refractivity contribution in [2.45, 2.75) is 0 Å². The Kier molecular flexibility index (Phi) is 6.30. The number of rotatable bonds is 7. The standard InChI is InChI=1S/C24H15ClN2O8/c1-34-21-9-5-15(25)11-19(21)26-22(29)17-8-4-14(10-18(17)23(26)30)24(31)35-12-20(28)13-2-6-16(7-3-13)27(32)33/h2-11H,12H2,1H3. The number of anilines is 1. The first-order valence-electron chi connectivity index (χ1n) is 10.0. The lowest BCUT2D eigenvalue weighted by molar-refractivity contribution is -0.384. The van der Waals surface area contributed by atoms with E-state index >= 15 is 0 Å². The normalized spacial score (nSPS) is 12.3. The van der Waals surface area contributed by atoms with Crippen LogP contribution in [0.25, 0.3) is 0 Å². The highest BCUT2D eigenvalue weighted by molar-refractivity contribution is 6.36. The number of benzene rings is 3. The lowest BCUT2D eigenvalue weighted by Crippen LogP contribution is -2.29. The fraction of sp³-hybridized carbons (Fsp3) is 0.0833. The third-order valence-corrected chi connectivity index (χ3v) is 5.47. The Labute approximate surface area is 202 Å². The third-order valence-electron chi connectivity index (χ3n) is 5.24. The third kappa shape index (κ3) is 4.46. The highest BCUT2D eigenvalue weighted by Crippen LogP contribution is 2.37. The SMILES string of the molecule is COc1ccc(Cl)cc1N1C(=O)c2ccc(C(=O)OCC(=O)c3ccc([N+](=O)[O-])cc3)cc2C1=O. The second kappa shape index (κ2) is 9.35. The van der Waals surface area contributed by atoms with Crippen LogP contribution in [0, 0.1) is 10.1 Å². The van der Waals surface area contributed by atoms with E-state index in [0.29, 0.717) is 5.02 Å². The van der Waals surface area contributed by atoms with E-state index in [0.717, 1.165) is 4.90 Å². The van der Waals surface area contributed by atoms with E-state index in [1.165, 1.54) is 61.7 Å². The summed E-state index contributed by atoms with van der Waals surface area (Å²) in [5.74, 6) is -2.49. The number of carbonyl (C=O) groups is 4. The maximum atomic E-state index is 13.0. The summed E-state index contributed by atoms with van der Waals surface area (Å²) in [4.78, 5) is 61.7. The minimum Gasteiger partial charge on any atom is -0.495 e. The van der Waals surface area contributed by atoms with Crippen molar-refractivity contribution < 1.29 is 33.6 Å². The van der Waals surface area contributed by atoms with E-state index in [1.54, 1.807) is 6.07 Å². The van der Waals surface area contributed by atoms with Crippen LogP contribution in [-0.4, -0.2) is 42.2 Å². The summed E-state index contributed by atoms with van der Waals surface area (Å²) in [7, 11) is 1.39. The average Bonchev–Trinajstić information content (AvgIpc) is 3.11. The van der Waals surface area contributed by atoms with Gasteiger partial charge in [-0.1, -0.05) is 11.6 Å². The van der Waals surface area contributed by atoms with Gasteiger partial charge in [0, 0.05) is 22.7 Å². The van der Waals surface area contributed by atoms with E-state index in [4.69, 9.17) is 21.1 Å². The van der Waals surface area contributed by atoms with Crippen molar-refractivity contribution in [1.82, 2.24) is 0 Å². The molecule has 10 nitrogen and oxygen atoms in total. The molecule has 3 aromatic carbocycles. The molecule has 0 atom stereocenters. The van der Waals surface area contributed by atoms with Gasteiger partial charge in [0.1, 0.15) is 5.75 Å². The van der Waals surface area contributed by atoms with Gasteiger partial charge in [0.15, 0.2) is 12.4 Å². The molecule has 11 heteroatoms. The molecule has 2 amide bonds. The predicted molar refractivity (Wildman–Crippen MR) is 123 cm³/mol. The fourth-order valence-electron chi connectivity index (χ4n) is 3.49. The molecule has 0 bridgehead atoms. The molecular formula is C24H15ClN2O8. The van der Waals surface area contributed by atoms with E-state index < -0.39 is 35.1 Å². The van der Waals surface area contributed by atoms with Crippen LogP contribution in [0.15, 0.2) is 60.7 Å². The molecule has 0 radical (unpaired) electrons. The number of halogens is 1. The molecule has 176 valence electrons. The van der Waals surface area contributed by atoms with Gasteiger partial charge in [-0.2, -0.15) is 0 Å². The van der Waals surface area contributed by atoms with Crippen molar-refractivity contribution >= 4 is 46.5 Å². The van der Waals surface area contributed by atoms with Crippen LogP contribution in [-0.2, 0) is 4.74 Å². The number of hydrogen-bond donors (Lipinski definition) is 0. The second-order valence-electron chi connectivity index (χ2n) is 7.33. The Hall–Kier alpha value is -4.57. The average molecular weight is 495 g/mol. The first kappa shape index (κ1) is 23.6. The monoisotopic (exact) mass is 494 g/mol. The van der Waals surface area contributed by atoms with Gasteiger partial charge in [-0.25, -0.2) is 9.69 Å². The summed E-state index contributed by atoms with van der Waals surface area (Å²) in [5.41, 5.74) is 0.124.